The molecule has 0 saturated heterocycles. The zero-order valence-electron chi connectivity index (χ0n) is 10.7. The van der Waals surface area contributed by atoms with Crippen LogP contribution < -0.4 is 10.6 Å². The zero-order chi connectivity index (χ0) is 13.2. The van der Waals surface area contributed by atoms with Crippen molar-refractivity contribution in [3.05, 3.63) is 23.2 Å². The maximum Gasteiger partial charge on any atom is 0.232 e. The first-order chi connectivity index (χ1) is 7.79. The number of hydrogen-bond donors (Lipinski definition) is 1. The molecule has 0 heterocycles. The summed E-state index contributed by atoms with van der Waals surface area (Å²) < 4.78 is 0. The van der Waals surface area contributed by atoms with Gasteiger partial charge >= 0.3 is 0 Å². The van der Waals surface area contributed by atoms with Crippen molar-refractivity contribution >= 4 is 28.9 Å². The molecule has 17 heavy (non-hydrogen) atoms. The molecule has 0 saturated carbocycles. The summed E-state index contributed by atoms with van der Waals surface area (Å²) in [4.78, 5) is 13.9. The molecule has 0 aliphatic heterocycles. The first-order valence-electron chi connectivity index (χ1n) is 5.62. The predicted molar refractivity (Wildman–Crippen MR) is 73.3 cm³/mol. The number of hydrogen-bond acceptors (Lipinski definition) is 2. The van der Waals surface area contributed by atoms with Crippen LogP contribution >= 0.6 is 11.6 Å². The van der Waals surface area contributed by atoms with Crippen LogP contribution in [0.1, 0.15) is 27.2 Å². The standard InChI is InChI=1S/C13H19ClN2O/c1-5-13(2,3)12(17)16(4)11-8-9(14)6-7-10(11)15/h6-8H,5,15H2,1-4H3. The Labute approximate surface area is 108 Å². The summed E-state index contributed by atoms with van der Waals surface area (Å²) in [5.41, 5.74) is 6.67. The molecule has 0 aliphatic rings. The molecule has 0 fully saturated rings. The highest BCUT2D eigenvalue weighted by Crippen LogP contribution is 2.30. The van der Waals surface area contributed by atoms with Gasteiger partial charge in [0, 0.05) is 17.5 Å². The third-order valence-electron chi connectivity index (χ3n) is 3.12. The van der Waals surface area contributed by atoms with Gasteiger partial charge in [-0.25, -0.2) is 0 Å². The number of nitrogens with two attached hydrogens (primary N) is 1. The summed E-state index contributed by atoms with van der Waals surface area (Å²) in [6.45, 7) is 5.84. The molecule has 0 spiro atoms. The number of nitrogen functional groups attached to an aromatic ring is 1. The van der Waals surface area contributed by atoms with Crippen molar-refractivity contribution in [3.63, 3.8) is 0 Å². The Morgan fingerprint density at radius 3 is 2.59 bits per heavy atom. The molecule has 0 aromatic heterocycles. The summed E-state index contributed by atoms with van der Waals surface area (Å²) in [5, 5.41) is 0.572. The van der Waals surface area contributed by atoms with Gasteiger partial charge in [0.1, 0.15) is 0 Å². The molecule has 1 aromatic carbocycles. The van der Waals surface area contributed by atoms with Gasteiger partial charge in [0.2, 0.25) is 5.91 Å². The molecule has 0 atom stereocenters. The molecule has 0 aliphatic carbocycles. The molecule has 94 valence electrons. The number of nitrogens with zero attached hydrogens (tertiary/aromatic N) is 1. The van der Waals surface area contributed by atoms with Crippen LogP contribution in [0.25, 0.3) is 0 Å². The third kappa shape index (κ3) is 2.91. The molecular formula is C13H19ClN2O. The lowest BCUT2D eigenvalue weighted by Gasteiger charge is -2.29. The maximum atomic E-state index is 12.3. The molecule has 2 N–H and O–H groups in total. The van der Waals surface area contributed by atoms with Crippen molar-refractivity contribution in [2.24, 2.45) is 5.41 Å². The fourth-order valence-corrected chi connectivity index (χ4v) is 1.69. The second kappa shape index (κ2) is 4.96. The fraction of sp³-hybridized carbons (Fsp3) is 0.462. The van der Waals surface area contributed by atoms with E-state index in [1.165, 1.54) is 0 Å². The summed E-state index contributed by atoms with van der Waals surface area (Å²) >= 11 is 5.92. The van der Waals surface area contributed by atoms with E-state index >= 15 is 0 Å². The lowest BCUT2D eigenvalue weighted by Crippen LogP contribution is -2.38. The van der Waals surface area contributed by atoms with Crippen LogP contribution in [0.4, 0.5) is 11.4 Å². The second-order valence-corrected chi connectivity index (χ2v) is 5.24. The van der Waals surface area contributed by atoms with Gasteiger partial charge in [-0.15, -0.1) is 0 Å². The quantitative estimate of drug-likeness (QED) is 0.841. The Bertz CT molecular complexity index is 429. The highest BCUT2D eigenvalue weighted by Gasteiger charge is 2.29. The molecule has 3 nitrogen and oxygen atoms in total. The van der Waals surface area contributed by atoms with Gasteiger partial charge in [0.15, 0.2) is 0 Å². The van der Waals surface area contributed by atoms with Crippen molar-refractivity contribution in [2.45, 2.75) is 27.2 Å². The summed E-state index contributed by atoms with van der Waals surface area (Å²) in [6.07, 6.45) is 0.774. The normalized spacial score (nSPS) is 11.4. The highest BCUT2D eigenvalue weighted by molar-refractivity contribution is 6.31. The van der Waals surface area contributed by atoms with Crippen molar-refractivity contribution in [1.29, 1.82) is 0 Å². The number of benzene rings is 1. The Morgan fingerprint density at radius 2 is 2.06 bits per heavy atom. The average molecular weight is 255 g/mol. The largest absolute Gasteiger partial charge is 0.397 e. The van der Waals surface area contributed by atoms with E-state index in [1.807, 2.05) is 20.8 Å². The minimum absolute atomic E-state index is 0.0361. The molecule has 0 bridgehead atoms. The van der Waals surface area contributed by atoms with E-state index in [4.69, 9.17) is 17.3 Å². The first-order valence-corrected chi connectivity index (χ1v) is 6.00. The van der Waals surface area contributed by atoms with Gasteiger partial charge in [-0.2, -0.15) is 0 Å². The van der Waals surface area contributed by atoms with E-state index < -0.39 is 5.41 Å². The van der Waals surface area contributed by atoms with Crippen LogP contribution in [0.3, 0.4) is 0 Å². The van der Waals surface area contributed by atoms with Crippen LogP contribution in [0, 0.1) is 5.41 Å². The maximum absolute atomic E-state index is 12.3. The molecule has 0 unspecified atom stereocenters. The smallest absolute Gasteiger partial charge is 0.232 e. The van der Waals surface area contributed by atoms with Crippen molar-refractivity contribution in [2.75, 3.05) is 17.7 Å². The number of carbonyl (C=O) groups is 1. The number of amides is 1. The Hall–Kier alpha value is -1.22. The SMILES string of the molecule is CCC(C)(C)C(=O)N(C)c1cc(Cl)ccc1N. The Morgan fingerprint density at radius 1 is 1.47 bits per heavy atom. The molecule has 1 amide bonds. The number of carbonyl (C=O) groups excluding carboxylic acids is 1. The van der Waals surface area contributed by atoms with Gasteiger partial charge < -0.3 is 10.6 Å². The number of halogens is 1. The average Bonchev–Trinajstić information content (AvgIpc) is 2.30. The van der Waals surface area contributed by atoms with Crippen LogP contribution in [-0.2, 0) is 4.79 Å². The lowest BCUT2D eigenvalue weighted by atomic mass is 9.88. The summed E-state index contributed by atoms with van der Waals surface area (Å²) in [7, 11) is 1.72. The molecule has 0 radical (unpaired) electrons. The van der Waals surface area contributed by atoms with E-state index in [2.05, 4.69) is 0 Å². The van der Waals surface area contributed by atoms with E-state index in [0.717, 1.165) is 6.42 Å². The monoisotopic (exact) mass is 254 g/mol. The Balaban J connectivity index is 3.08. The minimum Gasteiger partial charge on any atom is -0.397 e. The van der Waals surface area contributed by atoms with Gasteiger partial charge in [0.05, 0.1) is 11.4 Å². The zero-order valence-corrected chi connectivity index (χ0v) is 11.5. The highest BCUT2D eigenvalue weighted by atomic mass is 35.5. The van der Waals surface area contributed by atoms with Crippen LogP contribution in [0.2, 0.25) is 5.02 Å². The third-order valence-corrected chi connectivity index (χ3v) is 3.36. The lowest BCUT2D eigenvalue weighted by molar-refractivity contribution is -0.126. The van der Waals surface area contributed by atoms with E-state index in [-0.39, 0.29) is 5.91 Å². The van der Waals surface area contributed by atoms with Crippen LogP contribution in [-0.4, -0.2) is 13.0 Å². The predicted octanol–water partition coefficient (Wildman–Crippen LogP) is 3.32. The molecule has 1 rings (SSSR count). The Kier molecular flexibility index (Phi) is 4.04. The van der Waals surface area contributed by atoms with Crippen molar-refractivity contribution in [3.8, 4) is 0 Å². The van der Waals surface area contributed by atoms with Crippen LogP contribution in [0.5, 0.6) is 0 Å². The molecule has 4 heteroatoms. The van der Waals surface area contributed by atoms with Gasteiger partial charge in [-0.3, -0.25) is 4.79 Å². The minimum atomic E-state index is -0.399. The van der Waals surface area contributed by atoms with E-state index in [0.29, 0.717) is 16.4 Å². The second-order valence-electron chi connectivity index (χ2n) is 4.80. The van der Waals surface area contributed by atoms with Gasteiger partial charge in [-0.05, 0) is 24.6 Å². The van der Waals surface area contributed by atoms with Crippen molar-refractivity contribution < 1.29 is 4.79 Å². The fourth-order valence-electron chi connectivity index (χ4n) is 1.52. The first kappa shape index (κ1) is 13.8. The van der Waals surface area contributed by atoms with Crippen LogP contribution in [0.15, 0.2) is 18.2 Å². The summed E-state index contributed by atoms with van der Waals surface area (Å²) in [6, 6.07) is 5.13. The van der Waals surface area contributed by atoms with Gasteiger partial charge in [0.25, 0.3) is 0 Å². The summed E-state index contributed by atoms with van der Waals surface area (Å²) in [5.74, 6) is 0.0361. The molecular weight excluding hydrogens is 236 g/mol. The number of anilines is 2. The topological polar surface area (TPSA) is 46.3 Å². The van der Waals surface area contributed by atoms with E-state index in [1.54, 1.807) is 30.1 Å². The molecule has 1 aromatic rings. The van der Waals surface area contributed by atoms with Crippen molar-refractivity contribution in [1.82, 2.24) is 0 Å². The van der Waals surface area contributed by atoms with E-state index in [9.17, 15) is 4.79 Å². The number of rotatable bonds is 3. The van der Waals surface area contributed by atoms with Gasteiger partial charge in [-0.1, -0.05) is 32.4 Å².